The summed E-state index contributed by atoms with van der Waals surface area (Å²) in [6, 6.07) is 0.611. The minimum Gasteiger partial charge on any atom is -0.345 e. The van der Waals surface area contributed by atoms with Gasteiger partial charge in [0.1, 0.15) is 0 Å². The lowest BCUT2D eigenvalue weighted by Gasteiger charge is -2.41. The summed E-state index contributed by atoms with van der Waals surface area (Å²) < 4.78 is 0. The zero-order valence-corrected chi connectivity index (χ0v) is 9.81. The number of nitrogens with zero attached hydrogens (tertiary/aromatic N) is 2. The van der Waals surface area contributed by atoms with Gasteiger partial charge >= 0.3 is 0 Å². The maximum Gasteiger partial charge on any atom is 0.183 e. The largest absolute Gasteiger partial charge is 0.345 e. The van der Waals surface area contributed by atoms with Crippen molar-refractivity contribution in [2.24, 2.45) is 5.84 Å². The van der Waals surface area contributed by atoms with Gasteiger partial charge in [-0.15, -0.1) is 0 Å². The Kier molecular flexibility index (Phi) is 4.57. The fourth-order valence-corrected chi connectivity index (χ4v) is 2.14. The predicted molar refractivity (Wildman–Crippen MR) is 62.8 cm³/mol. The van der Waals surface area contributed by atoms with Gasteiger partial charge in [-0.25, -0.2) is 5.84 Å². The highest BCUT2D eigenvalue weighted by molar-refractivity contribution is 7.80. The summed E-state index contributed by atoms with van der Waals surface area (Å²) in [4.78, 5) is 4.64. The van der Waals surface area contributed by atoms with Gasteiger partial charge < -0.3 is 10.3 Å². The zero-order valence-electron chi connectivity index (χ0n) is 8.99. The molecule has 1 fully saturated rings. The molecule has 0 bridgehead atoms. The lowest BCUT2D eigenvalue weighted by Crippen LogP contribution is -2.57. The van der Waals surface area contributed by atoms with E-state index in [4.69, 9.17) is 18.1 Å². The van der Waals surface area contributed by atoms with Gasteiger partial charge in [-0.05, 0) is 25.2 Å². The molecule has 3 N–H and O–H groups in total. The maximum atomic E-state index is 5.31. The van der Waals surface area contributed by atoms with Crippen LogP contribution in [0.2, 0.25) is 0 Å². The van der Waals surface area contributed by atoms with E-state index in [1.54, 1.807) is 0 Å². The van der Waals surface area contributed by atoms with E-state index < -0.39 is 0 Å². The maximum absolute atomic E-state index is 5.31. The van der Waals surface area contributed by atoms with Crippen LogP contribution in [0.1, 0.15) is 20.3 Å². The number of likely N-dealkylation sites (N-methyl/N-ethyl adjacent to an activating group) is 1. The second-order valence-electron chi connectivity index (χ2n) is 3.59. The molecule has 4 nitrogen and oxygen atoms in total. The molecule has 1 aliphatic rings. The predicted octanol–water partition coefficient (Wildman–Crippen LogP) is 0.151. The van der Waals surface area contributed by atoms with E-state index in [0.29, 0.717) is 11.2 Å². The zero-order chi connectivity index (χ0) is 10.6. The lowest BCUT2D eigenvalue weighted by atomic mass is 10.1. The molecular formula is C9H20N4S. The highest BCUT2D eigenvalue weighted by atomic mass is 32.1. The summed E-state index contributed by atoms with van der Waals surface area (Å²) in [5.41, 5.74) is 2.55. The number of thiocarbonyl (C=S) groups is 1. The first-order valence-electron chi connectivity index (χ1n) is 5.22. The molecule has 1 rings (SSSR count). The number of hydrogen-bond acceptors (Lipinski definition) is 3. The highest BCUT2D eigenvalue weighted by Crippen LogP contribution is 2.12. The molecule has 0 aromatic carbocycles. The number of hydrogen-bond donors (Lipinski definition) is 2. The van der Waals surface area contributed by atoms with Gasteiger partial charge in [-0.3, -0.25) is 4.90 Å². The molecule has 1 unspecified atom stereocenters. The molecule has 0 saturated carbocycles. The van der Waals surface area contributed by atoms with E-state index in [2.05, 4.69) is 29.1 Å². The second kappa shape index (κ2) is 5.48. The van der Waals surface area contributed by atoms with Crippen LogP contribution in [-0.2, 0) is 0 Å². The van der Waals surface area contributed by atoms with Gasteiger partial charge in [0.25, 0.3) is 0 Å². The van der Waals surface area contributed by atoms with Crippen LogP contribution in [0.5, 0.6) is 0 Å². The van der Waals surface area contributed by atoms with Crippen LogP contribution in [-0.4, -0.2) is 47.1 Å². The standard InChI is InChI=1S/C9H20N4S/c1-3-8-7-13(9(14)11-10)6-5-12(8)4-2/h8H,3-7,10H2,1-2H3,(H,11,14). The Morgan fingerprint density at radius 1 is 1.50 bits per heavy atom. The van der Waals surface area contributed by atoms with E-state index >= 15 is 0 Å². The quantitative estimate of drug-likeness (QED) is 0.391. The number of hydrazine groups is 1. The van der Waals surface area contributed by atoms with Crippen LogP contribution < -0.4 is 11.3 Å². The Bertz CT molecular complexity index is 197. The molecule has 1 atom stereocenters. The van der Waals surface area contributed by atoms with Crippen molar-refractivity contribution in [1.29, 1.82) is 0 Å². The third-order valence-electron chi connectivity index (χ3n) is 2.89. The Morgan fingerprint density at radius 3 is 2.71 bits per heavy atom. The molecule has 5 heteroatoms. The first kappa shape index (κ1) is 11.7. The molecule has 0 radical (unpaired) electrons. The summed E-state index contributed by atoms with van der Waals surface area (Å²) in [7, 11) is 0. The molecule has 0 aromatic rings. The Balaban J connectivity index is 2.52. The van der Waals surface area contributed by atoms with Crippen LogP contribution in [0.4, 0.5) is 0 Å². The van der Waals surface area contributed by atoms with Crippen LogP contribution in [0.3, 0.4) is 0 Å². The number of piperazine rings is 1. The Labute approximate surface area is 91.4 Å². The third-order valence-corrected chi connectivity index (χ3v) is 3.27. The van der Waals surface area contributed by atoms with E-state index in [9.17, 15) is 0 Å². The van der Waals surface area contributed by atoms with Gasteiger partial charge in [0.15, 0.2) is 5.11 Å². The fourth-order valence-electron chi connectivity index (χ4n) is 1.97. The van der Waals surface area contributed by atoms with E-state index in [1.165, 1.54) is 0 Å². The van der Waals surface area contributed by atoms with Crippen molar-refractivity contribution in [2.75, 3.05) is 26.2 Å². The monoisotopic (exact) mass is 216 g/mol. The number of nitrogens with two attached hydrogens (primary N) is 1. The van der Waals surface area contributed by atoms with Crippen LogP contribution in [0.15, 0.2) is 0 Å². The van der Waals surface area contributed by atoms with E-state index in [-0.39, 0.29) is 0 Å². The molecule has 0 aliphatic carbocycles. The first-order valence-corrected chi connectivity index (χ1v) is 5.63. The van der Waals surface area contributed by atoms with Crippen molar-refractivity contribution in [3.8, 4) is 0 Å². The SMILES string of the molecule is CCC1CN(C(=S)NN)CCN1CC. The topological polar surface area (TPSA) is 44.5 Å². The molecule has 0 amide bonds. The summed E-state index contributed by atoms with van der Waals surface area (Å²) >= 11 is 5.12. The van der Waals surface area contributed by atoms with Crippen molar-refractivity contribution in [3.63, 3.8) is 0 Å². The second-order valence-corrected chi connectivity index (χ2v) is 3.97. The smallest absolute Gasteiger partial charge is 0.183 e. The van der Waals surface area contributed by atoms with Crippen molar-refractivity contribution in [3.05, 3.63) is 0 Å². The van der Waals surface area contributed by atoms with Gasteiger partial charge in [-0.2, -0.15) is 0 Å². The van der Waals surface area contributed by atoms with Gasteiger partial charge in [0.2, 0.25) is 0 Å². The van der Waals surface area contributed by atoms with Crippen LogP contribution in [0.25, 0.3) is 0 Å². The van der Waals surface area contributed by atoms with E-state index in [1.807, 2.05) is 0 Å². The van der Waals surface area contributed by atoms with Gasteiger partial charge in [0, 0.05) is 25.7 Å². The average molecular weight is 216 g/mol. The fraction of sp³-hybridized carbons (Fsp3) is 0.889. The molecule has 82 valence electrons. The third kappa shape index (κ3) is 2.56. The molecule has 1 aliphatic heterocycles. The Morgan fingerprint density at radius 2 is 2.21 bits per heavy atom. The van der Waals surface area contributed by atoms with E-state index in [0.717, 1.165) is 32.6 Å². The molecule has 14 heavy (non-hydrogen) atoms. The average Bonchev–Trinajstić information content (AvgIpc) is 2.26. The summed E-state index contributed by atoms with van der Waals surface area (Å²) in [5.74, 6) is 5.31. The van der Waals surface area contributed by atoms with Crippen molar-refractivity contribution in [1.82, 2.24) is 15.2 Å². The molecule has 0 aromatic heterocycles. The number of nitrogens with one attached hydrogen (secondary N) is 1. The summed E-state index contributed by atoms with van der Waals surface area (Å²) in [5, 5.41) is 0.666. The molecule has 1 heterocycles. The van der Waals surface area contributed by atoms with Gasteiger partial charge in [-0.1, -0.05) is 13.8 Å². The molecular weight excluding hydrogens is 196 g/mol. The molecule has 1 saturated heterocycles. The van der Waals surface area contributed by atoms with Crippen molar-refractivity contribution in [2.45, 2.75) is 26.3 Å². The lowest BCUT2D eigenvalue weighted by molar-refractivity contribution is 0.115. The first-order chi connectivity index (χ1) is 6.72. The summed E-state index contributed by atoms with van der Waals surface area (Å²) in [6.07, 6.45) is 1.16. The van der Waals surface area contributed by atoms with Gasteiger partial charge in [0.05, 0.1) is 0 Å². The summed E-state index contributed by atoms with van der Waals surface area (Å²) in [6.45, 7) is 8.60. The normalized spacial score (nSPS) is 23.6. The highest BCUT2D eigenvalue weighted by Gasteiger charge is 2.25. The van der Waals surface area contributed by atoms with Crippen LogP contribution in [0, 0.1) is 0 Å². The Hall–Kier alpha value is -0.390. The molecule has 0 spiro atoms. The minimum atomic E-state index is 0.611. The number of rotatable bonds is 2. The van der Waals surface area contributed by atoms with Crippen molar-refractivity contribution < 1.29 is 0 Å². The van der Waals surface area contributed by atoms with Crippen LogP contribution >= 0.6 is 12.2 Å². The van der Waals surface area contributed by atoms with Crippen molar-refractivity contribution >= 4 is 17.3 Å². The minimum absolute atomic E-state index is 0.611.